The van der Waals surface area contributed by atoms with Crippen LogP contribution in [0.1, 0.15) is 0 Å². The van der Waals surface area contributed by atoms with Crippen molar-refractivity contribution in [1.82, 2.24) is 30.2 Å². The van der Waals surface area contributed by atoms with Gasteiger partial charge in [0.05, 0.1) is 0 Å². The van der Waals surface area contributed by atoms with Gasteiger partial charge in [0, 0.05) is 19.4 Å². The van der Waals surface area contributed by atoms with E-state index in [0.717, 1.165) is 0 Å². The Morgan fingerprint density at radius 2 is 2.50 bits per heavy atom. The number of imidazole rings is 1. The smallest absolute Gasteiger partial charge is 0.269 e. The number of H-pyrrole nitrogens is 1. The van der Waals surface area contributed by atoms with Crippen LogP contribution in [-0.4, -0.2) is 30.2 Å². The first-order valence-electron chi connectivity index (χ1n) is 3.34. The molecule has 62 valence electrons. The molecule has 0 amide bonds. The molecule has 0 aromatic carbocycles. The number of aryl methyl sites for hydroxylation is 1. The van der Waals surface area contributed by atoms with E-state index in [2.05, 4.69) is 30.9 Å². The number of tetrazole rings is 1. The van der Waals surface area contributed by atoms with Gasteiger partial charge in [-0.1, -0.05) is 5.10 Å². The van der Waals surface area contributed by atoms with Crippen LogP contribution in [0.25, 0.3) is 0 Å². The van der Waals surface area contributed by atoms with Crippen molar-refractivity contribution in [2.75, 3.05) is 5.32 Å². The van der Waals surface area contributed by atoms with Crippen LogP contribution in [0.15, 0.2) is 12.4 Å². The molecule has 2 rings (SSSR count). The molecule has 0 spiro atoms. The highest BCUT2D eigenvalue weighted by molar-refractivity contribution is 5.40. The second-order valence-electron chi connectivity index (χ2n) is 2.22. The summed E-state index contributed by atoms with van der Waals surface area (Å²) in [6.45, 7) is 0. The predicted molar refractivity (Wildman–Crippen MR) is 40.7 cm³/mol. The maximum absolute atomic E-state index is 4.02. The van der Waals surface area contributed by atoms with Gasteiger partial charge in [-0.2, -0.15) is 5.21 Å². The molecule has 0 atom stereocenters. The fraction of sp³-hybridized carbons (Fsp3) is 0.200. The summed E-state index contributed by atoms with van der Waals surface area (Å²) in [4.78, 5) is 4.02. The Kier molecular flexibility index (Phi) is 1.47. The second kappa shape index (κ2) is 2.61. The van der Waals surface area contributed by atoms with Crippen molar-refractivity contribution in [1.29, 1.82) is 0 Å². The van der Waals surface area contributed by atoms with Crippen LogP contribution in [0.3, 0.4) is 0 Å². The maximum Gasteiger partial charge on any atom is 0.269 e. The van der Waals surface area contributed by atoms with E-state index in [4.69, 9.17) is 0 Å². The summed E-state index contributed by atoms with van der Waals surface area (Å²) in [7, 11) is 1.87. The number of rotatable bonds is 2. The molecule has 2 N–H and O–H groups in total. The molecule has 0 saturated heterocycles. The Morgan fingerprint density at radius 3 is 3.08 bits per heavy atom. The molecule has 0 saturated carbocycles. The summed E-state index contributed by atoms with van der Waals surface area (Å²) in [5, 5.41) is 16.0. The molecule has 0 radical (unpaired) electrons. The molecular formula is C5H7N7. The molecule has 7 heteroatoms. The summed E-state index contributed by atoms with van der Waals surface area (Å²) in [5.41, 5.74) is 0. The van der Waals surface area contributed by atoms with E-state index in [-0.39, 0.29) is 0 Å². The van der Waals surface area contributed by atoms with Gasteiger partial charge < -0.3 is 4.57 Å². The first kappa shape index (κ1) is 6.77. The molecule has 0 aliphatic rings. The lowest BCUT2D eigenvalue weighted by Crippen LogP contribution is -1.99. The third-order valence-electron chi connectivity index (χ3n) is 1.39. The van der Waals surface area contributed by atoms with Crippen molar-refractivity contribution >= 4 is 11.9 Å². The fourth-order valence-electron chi connectivity index (χ4n) is 0.801. The highest BCUT2D eigenvalue weighted by atomic mass is 15.5. The van der Waals surface area contributed by atoms with Gasteiger partial charge in [0.2, 0.25) is 5.95 Å². The summed E-state index contributed by atoms with van der Waals surface area (Å²) < 4.78 is 1.82. The predicted octanol–water partition coefficient (Wildman–Crippen LogP) is -0.323. The van der Waals surface area contributed by atoms with E-state index in [1.165, 1.54) is 0 Å². The normalized spacial score (nSPS) is 10.1. The Bertz CT molecular complexity index is 348. The summed E-state index contributed by atoms with van der Waals surface area (Å²) in [6, 6.07) is 0. The average molecular weight is 165 g/mol. The molecule has 0 aliphatic carbocycles. The third kappa shape index (κ3) is 1.11. The van der Waals surface area contributed by atoms with Crippen molar-refractivity contribution < 1.29 is 0 Å². The van der Waals surface area contributed by atoms with Crippen LogP contribution < -0.4 is 5.32 Å². The molecule has 7 nitrogen and oxygen atoms in total. The molecule has 12 heavy (non-hydrogen) atoms. The topological polar surface area (TPSA) is 84.3 Å². The quantitative estimate of drug-likeness (QED) is 0.636. The van der Waals surface area contributed by atoms with Crippen molar-refractivity contribution in [2.45, 2.75) is 0 Å². The lowest BCUT2D eigenvalue weighted by atomic mass is 10.8. The van der Waals surface area contributed by atoms with Crippen molar-refractivity contribution in [2.24, 2.45) is 7.05 Å². The van der Waals surface area contributed by atoms with Gasteiger partial charge in [-0.25, -0.2) is 4.98 Å². The average Bonchev–Trinajstić information content (AvgIpc) is 2.65. The highest BCUT2D eigenvalue weighted by Gasteiger charge is 2.01. The minimum absolute atomic E-state index is 0.407. The Balaban J connectivity index is 2.20. The first-order valence-corrected chi connectivity index (χ1v) is 3.34. The number of nitrogens with zero attached hydrogens (tertiary/aromatic N) is 5. The van der Waals surface area contributed by atoms with Crippen LogP contribution in [0.2, 0.25) is 0 Å². The number of aromatic nitrogens is 6. The third-order valence-corrected chi connectivity index (χ3v) is 1.39. The van der Waals surface area contributed by atoms with Gasteiger partial charge >= 0.3 is 0 Å². The molecule has 0 unspecified atom stereocenters. The Hall–Kier alpha value is -1.92. The molecule has 0 fully saturated rings. The molecule has 0 aliphatic heterocycles. The van der Waals surface area contributed by atoms with Crippen molar-refractivity contribution in [3.63, 3.8) is 0 Å². The zero-order chi connectivity index (χ0) is 8.39. The fourth-order valence-corrected chi connectivity index (χ4v) is 0.801. The number of anilines is 2. The Labute approximate surface area is 67.8 Å². The lowest BCUT2D eigenvalue weighted by molar-refractivity contribution is 0.881. The van der Waals surface area contributed by atoms with Gasteiger partial charge in [0.1, 0.15) is 0 Å². The molecule has 2 aromatic rings. The monoisotopic (exact) mass is 165 g/mol. The van der Waals surface area contributed by atoms with E-state index < -0.39 is 0 Å². The molecule has 2 heterocycles. The highest BCUT2D eigenvalue weighted by Crippen LogP contribution is 2.05. The molecular weight excluding hydrogens is 158 g/mol. The number of hydrogen-bond acceptors (Lipinski definition) is 5. The summed E-state index contributed by atoms with van der Waals surface area (Å²) in [6.07, 6.45) is 3.50. The van der Waals surface area contributed by atoms with E-state index in [0.29, 0.717) is 11.9 Å². The van der Waals surface area contributed by atoms with E-state index in [1.807, 2.05) is 17.8 Å². The van der Waals surface area contributed by atoms with E-state index in [1.54, 1.807) is 6.20 Å². The Morgan fingerprint density at radius 1 is 1.58 bits per heavy atom. The largest absolute Gasteiger partial charge is 0.320 e. The van der Waals surface area contributed by atoms with Crippen molar-refractivity contribution in [3.05, 3.63) is 12.4 Å². The van der Waals surface area contributed by atoms with Gasteiger partial charge in [-0.15, -0.1) is 5.10 Å². The zero-order valence-electron chi connectivity index (χ0n) is 6.39. The van der Waals surface area contributed by atoms with Crippen LogP contribution in [-0.2, 0) is 7.05 Å². The zero-order valence-corrected chi connectivity index (χ0v) is 6.39. The van der Waals surface area contributed by atoms with Crippen LogP contribution in [0.5, 0.6) is 0 Å². The van der Waals surface area contributed by atoms with E-state index in [9.17, 15) is 0 Å². The van der Waals surface area contributed by atoms with Gasteiger partial charge in [0.25, 0.3) is 5.95 Å². The van der Waals surface area contributed by atoms with Gasteiger partial charge in [-0.3, -0.25) is 5.32 Å². The maximum atomic E-state index is 4.02. The number of hydrogen-bond donors (Lipinski definition) is 2. The number of aromatic amines is 1. The standard InChI is InChI=1S/C5H7N7/c1-12-3-2-6-5(12)7-4-8-10-11-9-4/h2-3H,1H3,(H2,6,7,8,9,10,11). The van der Waals surface area contributed by atoms with Gasteiger partial charge in [-0.05, 0) is 5.21 Å². The SMILES string of the molecule is Cn1ccnc1Nc1nn[nH]n1. The van der Waals surface area contributed by atoms with Crippen LogP contribution in [0.4, 0.5) is 11.9 Å². The second-order valence-corrected chi connectivity index (χ2v) is 2.22. The van der Waals surface area contributed by atoms with Crippen LogP contribution >= 0.6 is 0 Å². The first-order chi connectivity index (χ1) is 5.86. The minimum Gasteiger partial charge on any atom is -0.320 e. The van der Waals surface area contributed by atoms with E-state index >= 15 is 0 Å². The summed E-state index contributed by atoms with van der Waals surface area (Å²) >= 11 is 0. The molecule has 2 aromatic heterocycles. The number of nitrogens with one attached hydrogen (secondary N) is 2. The summed E-state index contributed by atoms with van der Waals surface area (Å²) in [5.74, 6) is 1.08. The van der Waals surface area contributed by atoms with Crippen LogP contribution in [0, 0.1) is 0 Å². The minimum atomic E-state index is 0.407. The van der Waals surface area contributed by atoms with Crippen molar-refractivity contribution in [3.8, 4) is 0 Å². The molecule has 0 bridgehead atoms. The lowest BCUT2D eigenvalue weighted by Gasteiger charge is -1.98. The van der Waals surface area contributed by atoms with Gasteiger partial charge in [0.15, 0.2) is 0 Å².